The average Bonchev–Trinajstić information content (AvgIpc) is 2.66. The average molecular weight is 231 g/mol. The lowest BCUT2D eigenvalue weighted by molar-refractivity contribution is 0.559. The van der Waals surface area contributed by atoms with Crippen LogP contribution in [0.5, 0.6) is 0 Å². The fourth-order valence-electron chi connectivity index (χ4n) is 1.93. The van der Waals surface area contributed by atoms with Crippen LogP contribution in [0.4, 0.5) is 0 Å². The van der Waals surface area contributed by atoms with Crippen molar-refractivity contribution in [3.8, 4) is 0 Å². The molecule has 1 atom stereocenters. The molecule has 90 valence electrons. The smallest absolute Gasteiger partial charge is 0.0937 e. The van der Waals surface area contributed by atoms with E-state index in [0.717, 1.165) is 23.6 Å². The first-order valence-corrected chi connectivity index (χ1v) is 5.72. The summed E-state index contributed by atoms with van der Waals surface area (Å²) < 4.78 is 1.89. The van der Waals surface area contributed by atoms with Crippen LogP contribution in [0.3, 0.4) is 0 Å². The van der Waals surface area contributed by atoms with Crippen LogP contribution >= 0.6 is 0 Å². The van der Waals surface area contributed by atoms with Gasteiger partial charge in [-0.15, -0.1) is 0 Å². The minimum Gasteiger partial charge on any atom is -0.304 e. The minimum atomic E-state index is 0.0416. The van der Waals surface area contributed by atoms with Crippen molar-refractivity contribution in [2.45, 2.75) is 19.9 Å². The van der Waals surface area contributed by atoms with Crippen molar-refractivity contribution in [3.63, 3.8) is 0 Å². The van der Waals surface area contributed by atoms with Gasteiger partial charge in [-0.25, -0.2) is 0 Å². The van der Waals surface area contributed by atoms with E-state index in [4.69, 9.17) is 0 Å². The van der Waals surface area contributed by atoms with E-state index in [1.165, 1.54) is 0 Å². The van der Waals surface area contributed by atoms with Crippen molar-refractivity contribution < 1.29 is 0 Å². The Morgan fingerprint density at radius 1 is 1.41 bits per heavy atom. The third kappa shape index (κ3) is 2.50. The van der Waals surface area contributed by atoms with Gasteiger partial charge in [-0.05, 0) is 19.5 Å². The highest BCUT2D eigenvalue weighted by Crippen LogP contribution is 2.19. The van der Waals surface area contributed by atoms with Crippen LogP contribution in [0.25, 0.3) is 0 Å². The topological polar surface area (TPSA) is 55.6 Å². The highest BCUT2D eigenvalue weighted by molar-refractivity contribution is 5.22. The Morgan fingerprint density at radius 2 is 2.24 bits per heavy atom. The fraction of sp³-hybridized carbons (Fsp3) is 0.417. The standard InChI is InChI=1S/C12H17N5/c1-4-14-12(10-8-13-5-6-15-10)11-7-9(2)16-17(11)3/h5-8,12,14H,4H2,1-3H3. The molecule has 0 fully saturated rings. The molecule has 0 amide bonds. The molecule has 5 heteroatoms. The summed E-state index contributed by atoms with van der Waals surface area (Å²) in [4.78, 5) is 8.48. The third-order valence-corrected chi connectivity index (χ3v) is 2.62. The molecule has 0 saturated heterocycles. The van der Waals surface area contributed by atoms with Gasteiger partial charge in [-0.2, -0.15) is 5.10 Å². The monoisotopic (exact) mass is 231 g/mol. The van der Waals surface area contributed by atoms with Crippen molar-refractivity contribution in [2.75, 3.05) is 6.54 Å². The number of aromatic nitrogens is 4. The van der Waals surface area contributed by atoms with E-state index in [1.54, 1.807) is 18.6 Å². The summed E-state index contributed by atoms with van der Waals surface area (Å²) in [5.41, 5.74) is 3.02. The van der Waals surface area contributed by atoms with Crippen molar-refractivity contribution in [1.82, 2.24) is 25.1 Å². The molecule has 0 saturated carbocycles. The van der Waals surface area contributed by atoms with Gasteiger partial charge in [0.05, 0.1) is 29.3 Å². The second-order valence-electron chi connectivity index (χ2n) is 3.96. The summed E-state index contributed by atoms with van der Waals surface area (Å²) in [6.45, 7) is 4.93. The first kappa shape index (κ1) is 11.7. The maximum absolute atomic E-state index is 4.37. The molecule has 2 aromatic rings. The molecule has 2 aromatic heterocycles. The van der Waals surface area contributed by atoms with Crippen LogP contribution in [0, 0.1) is 6.92 Å². The molecule has 0 spiro atoms. The largest absolute Gasteiger partial charge is 0.304 e. The van der Waals surface area contributed by atoms with Crippen LogP contribution in [0.2, 0.25) is 0 Å². The number of nitrogens with one attached hydrogen (secondary N) is 1. The van der Waals surface area contributed by atoms with Crippen LogP contribution < -0.4 is 5.32 Å². The number of nitrogens with zero attached hydrogens (tertiary/aromatic N) is 4. The lowest BCUT2D eigenvalue weighted by atomic mass is 10.1. The summed E-state index contributed by atoms with van der Waals surface area (Å²) in [7, 11) is 1.95. The van der Waals surface area contributed by atoms with E-state index >= 15 is 0 Å². The fourth-order valence-corrected chi connectivity index (χ4v) is 1.93. The van der Waals surface area contributed by atoms with Gasteiger partial charge in [0.1, 0.15) is 0 Å². The Bertz CT molecular complexity index is 477. The molecule has 1 unspecified atom stereocenters. The SMILES string of the molecule is CCNC(c1cnccn1)c1cc(C)nn1C. The van der Waals surface area contributed by atoms with Gasteiger partial charge in [-0.3, -0.25) is 14.6 Å². The summed E-state index contributed by atoms with van der Waals surface area (Å²) >= 11 is 0. The van der Waals surface area contributed by atoms with Gasteiger partial charge in [0.2, 0.25) is 0 Å². The molecule has 0 aliphatic heterocycles. The highest BCUT2D eigenvalue weighted by atomic mass is 15.3. The zero-order valence-electron chi connectivity index (χ0n) is 10.4. The lowest BCUT2D eigenvalue weighted by Gasteiger charge is -2.16. The van der Waals surface area contributed by atoms with Crippen LogP contribution in [-0.2, 0) is 7.05 Å². The Kier molecular flexibility index (Phi) is 3.49. The second-order valence-corrected chi connectivity index (χ2v) is 3.96. The van der Waals surface area contributed by atoms with Crippen molar-refractivity contribution in [3.05, 3.63) is 41.7 Å². The minimum absolute atomic E-state index is 0.0416. The van der Waals surface area contributed by atoms with Gasteiger partial charge >= 0.3 is 0 Å². The molecule has 17 heavy (non-hydrogen) atoms. The second kappa shape index (κ2) is 5.05. The molecular weight excluding hydrogens is 214 g/mol. The molecule has 0 aliphatic carbocycles. The summed E-state index contributed by atoms with van der Waals surface area (Å²) in [6, 6.07) is 2.11. The lowest BCUT2D eigenvalue weighted by Crippen LogP contribution is -2.25. The highest BCUT2D eigenvalue weighted by Gasteiger charge is 2.18. The predicted octanol–water partition coefficient (Wildman–Crippen LogP) is 1.22. The van der Waals surface area contributed by atoms with Gasteiger partial charge in [-0.1, -0.05) is 6.92 Å². The van der Waals surface area contributed by atoms with Gasteiger partial charge in [0, 0.05) is 19.4 Å². The maximum Gasteiger partial charge on any atom is 0.0937 e. The molecule has 0 aromatic carbocycles. The summed E-state index contributed by atoms with van der Waals surface area (Å²) in [6.07, 6.45) is 5.18. The Hall–Kier alpha value is -1.75. The third-order valence-electron chi connectivity index (χ3n) is 2.62. The number of hydrogen-bond donors (Lipinski definition) is 1. The molecule has 2 heterocycles. The number of hydrogen-bond acceptors (Lipinski definition) is 4. The van der Waals surface area contributed by atoms with Gasteiger partial charge < -0.3 is 5.32 Å². The van der Waals surface area contributed by atoms with E-state index in [2.05, 4.69) is 33.4 Å². The molecule has 1 N–H and O–H groups in total. The van der Waals surface area contributed by atoms with E-state index in [0.29, 0.717) is 0 Å². The van der Waals surface area contributed by atoms with E-state index in [9.17, 15) is 0 Å². The molecule has 2 rings (SSSR count). The molecule has 0 radical (unpaired) electrons. The zero-order valence-corrected chi connectivity index (χ0v) is 10.4. The number of aryl methyl sites for hydroxylation is 2. The summed E-state index contributed by atoms with van der Waals surface area (Å²) in [5, 5.41) is 7.77. The van der Waals surface area contributed by atoms with E-state index in [-0.39, 0.29) is 6.04 Å². The van der Waals surface area contributed by atoms with Crippen molar-refractivity contribution in [2.24, 2.45) is 7.05 Å². The van der Waals surface area contributed by atoms with E-state index in [1.807, 2.05) is 18.7 Å². The zero-order chi connectivity index (χ0) is 12.3. The molecule has 0 bridgehead atoms. The van der Waals surface area contributed by atoms with Crippen LogP contribution in [0.1, 0.15) is 30.0 Å². The van der Waals surface area contributed by atoms with E-state index < -0.39 is 0 Å². The van der Waals surface area contributed by atoms with Crippen molar-refractivity contribution in [1.29, 1.82) is 0 Å². The first-order chi connectivity index (χ1) is 8.22. The van der Waals surface area contributed by atoms with Crippen LogP contribution in [-0.4, -0.2) is 26.3 Å². The maximum atomic E-state index is 4.37. The Balaban J connectivity index is 2.39. The normalized spacial score (nSPS) is 12.6. The molecule has 5 nitrogen and oxygen atoms in total. The molecule has 0 aliphatic rings. The van der Waals surface area contributed by atoms with Gasteiger partial charge in [0.15, 0.2) is 0 Å². The van der Waals surface area contributed by atoms with Gasteiger partial charge in [0.25, 0.3) is 0 Å². The number of rotatable bonds is 4. The Labute approximate surface area is 101 Å². The summed E-state index contributed by atoms with van der Waals surface area (Å²) in [5.74, 6) is 0. The van der Waals surface area contributed by atoms with Crippen LogP contribution in [0.15, 0.2) is 24.7 Å². The van der Waals surface area contributed by atoms with Crippen molar-refractivity contribution >= 4 is 0 Å². The quantitative estimate of drug-likeness (QED) is 0.859. The molecular formula is C12H17N5. The first-order valence-electron chi connectivity index (χ1n) is 5.72. The predicted molar refractivity (Wildman–Crippen MR) is 65.5 cm³/mol. The Morgan fingerprint density at radius 3 is 2.76 bits per heavy atom.